The summed E-state index contributed by atoms with van der Waals surface area (Å²) in [7, 11) is 0. The van der Waals surface area contributed by atoms with Gasteiger partial charge in [-0.2, -0.15) is 0 Å². The molecule has 3 nitrogen and oxygen atoms in total. The molecule has 0 aromatic heterocycles. The fourth-order valence-corrected chi connectivity index (χ4v) is 2.74. The molecule has 1 amide bonds. The number of carbonyl (C=O) groups is 1. The Morgan fingerprint density at radius 1 is 1.42 bits per heavy atom. The number of hydrogen-bond acceptors (Lipinski definition) is 2. The van der Waals surface area contributed by atoms with Crippen molar-refractivity contribution in [3.05, 3.63) is 34.9 Å². The van der Waals surface area contributed by atoms with Gasteiger partial charge in [-0.25, -0.2) is 0 Å². The van der Waals surface area contributed by atoms with Gasteiger partial charge in [0, 0.05) is 11.6 Å². The molecule has 1 aromatic carbocycles. The first-order chi connectivity index (χ1) is 9.01. The number of halogens is 1. The van der Waals surface area contributed by atoms with Gasteiger partial charge in [0.05, 0.1) is 5.54 Å². The third-order valence-corrected chi connectivity index (χ3v) is 4.07. The smallest absolute Gasteiger partial charge is 0.244 e. The zero-order valence-corrected chi connectivity index (χ0v) is 12.5. The lowest BCUT2D eigenvalue weighted by atomic mass is 9.99. The molecule has 0 radical (unpaired) electrons. The summed E-state index contributed by atoms with van der Waals surface area (Å²) >= 11 is 6.06. The number of nitrogens with one attached hydrogen (secondary N) is 1. The van der Waals surface area contributed by atoms with E-state index in [-0.39, 0.29) is 12.1 Å². The van der Waals surface area contributed by atoms with Crippen molar-refractivity contribution in [2.75, 3.05) is 6.54 Å². The largest absolute Gasteiger partial charge is 0.321 e. The lowest BCUT2D eigenvalue weighted by Gasteiger charge is -2.24. The second-order valence-corrected chi connectivity index (χ2v) is 5.72. The lowest BCUT2D eigenvalue weighted by molar-refractivity contribution is -0.133. The Balaban J connectivity index is 2.35. The van der Waals surface area contributed by atoms with Gasteiger partial charge in [-0.3, -0.25) is 10.1 Å². The van der Waals surface area contributed by atoms with Gasteiger partial charge in [-0.15, -0.1) is 0 Å². The SMILES string of the molecule is CCCN1C(=O)C(C)(CC)NC1c1cccc(Cl)c1. The second kappa shape index (κ2) is 5.51. The van der Waals surface area contributed by atoms with Crippen LogP contribution in [0.4, 0.5) is 0 Å². The van der Waals surface area contributed by atoms with Gasteiger partial charge in [0.2, 0.25) is 5.91 Å². The maximum Gasteiger partial charge on any atom is 0.244 e. The Labute approximate surface area is 119 Å². The van der Waals surface area contributed by atoms with Gasteiger partial charge in [-0.1, -0.05) is 37.6 Å². The quantitative estimate of drug-likeness (QED) is 0.917. The summed E-state index contributed by atoms with van der Waals surface area (Å²) in [4.78, 5) is 14.5. The molecule has 4 heteroatoms. The molecule has 1 N–H and O–H groups in total. The van der Waals surface area contributed by atoms with Crippen LogP contribution in [0.25, 0.3) is 0 Å². The van der Waals surface area contributed by atoms with Gasteiger partial charge in [0.15, 0.2) is 0 Å². The molecule has 1 saturated heterocycles. The molecule has 0 saturated carbocycles. The van der Waals surface area contributed by atoms with Crippen LogP contribution in [0.1, 0.15) is 45.3 Å². The summed E-state index contributed by atoms with van der Waals surface area (Å²) in [5.74, 6) is 0.182. The van der Waals surface area contributed by atoms with Crippen molar-refractivity contribution < 1.29 is 4.79 Å². The van der Waals surface area contributed by atoms with Gasteiger partial charge in [0.25, 0.3) is 0 Å². The summed E-state index contributed by atoms with van der Waals surface area (Å²) in [6, 6.07) is 7.72. The molecule has 1 heterocycles. The Bertz CT molecular complexity index is 477. The average Bonchev–Trinajstić information content (AvgIpc) is 2.65. The van der Waals surface area contributed by atoms with Gasteiger partial charge in [-0.05, 0) is 37.5 Å². The Hall–Kier alpha value is -1.06. The highest BCUT2D eigenvalue weighted by Gasteiger charge is 2.46. The van der Waals surface area contributed by atoms with E-state index in [9.17, 15) is 4.79 Å². The van der Waals surface area contributed by atoms with Gasteiger partial charge < -0.3 is 4.90 Å². The van der Waals surface area contributed by atoms with Crippen LogP contribution in [-0.4, -0.2) is 22.9 Å². The van der Waals surface area contributed by atoms with Crippen LogP contribution in [0, 0.1) is 0 Å². The lowest BCUT2D eigenvalue weighted by Crippen LogP contribution is -2.43. The van der Waals surface area contributed by atoms with Crippen LogP contribution in [0.2, 0.25) is 5.02 Å². The van der Waals surface area contributed by atoms with Crippen LogP contribution in [0.15, 0.2) is 24.3 Å². The van der Waals surface area contributed by atoms with E-state index in [0.717, 1.165) is 24.9 Å². The molecule has 0 spiro atoms. The number of benzene rings is 1. The Morgan fingerprint density at radius 3 is 2.74 bits per heavy atom. The van der Waals surface area contributed by atoms with Crippen molar-refractivity contribution in [2.24, 2.45) is 0 Å². The van der Waals surface area contributed by atoms with Crippen LogP contribution in [0.5, 0.6) is 0 Å². The van der Waals surface area contributed by atoms with E-state index < -0.39 is 5.54 Å². The molecule has 0 bridgehead atoms. The van der Waals surface area contributed by atoms with Crippen molar-refractivity contribution in [3.63, 3.8) is 0 Å². The summed E-state index contributed by atoms with van der Waals surface area (Å²) in [5.41, 5.74) is 0.578. The summed E-state index contributed by atoms with van der Waals surface area (Å²) in [6.07, 6.45) is 1.66. The van der Waals surface area contributed by atoms with Gasteiger partial charge in [0.1, 0.15) is 6.17 Å². The molecule has 2 unspecified atom stereocenters. The van der Waals surface area contributed by atoms with E-state index in [4.69, 9.17) is 11.6 Å². The molecule has 2 atom stereocenters. The highest BCUT2D eigenvalue weighted by Crippen LogP contribution is 2.33. The van der Waals surface area contributed by atoms with Crippen LogP contribution >= 0.6 is 11.6 Å². The maximum atomic E-state index is 12.5. The minimum absolute atomic E-state index is 0.0731. The first-order valence-electron chi connectivity index (χ1n) is 6.86. The fourth-order valence-electron chi connectivity index (χ4n) is 2.54. The molecule has 1 aliphatic heterocycles. The van der Waals surface area contributed by atoms with Crippen LogP contribution < -0.4 is 5.32 Å². The summed E-state index contributed by atoms with van der Waals surface area (Å²) in [5, 5.41) is 4.17. The summed E-state index contributed by atoms with van der Waals surface area (Å²) < 4.78 is 0. The second-order valence-electron chi connectivity index (χ2n) is 5.29. The Kier molecular flexibility index (Phi) is 4.16. The Morgan fingerprint density at radius 2 is 2.16 bits per heavy atom. The van der Waals surface area contributed by atoms with Crippen molar-refractivity contribution in [1.82, 2.24) is 10.2 Å². The van der Waals surface area contributed by atoms with Crippen molar-refractivity contribution in [2.45, 2.75) is 45.3 Å². The first kappa shape index (κ1) is 14.4. The van der Waals surface area contributed by atoms with Crippen molar-refractivity contribution in [1.29, 1.82) is 0 Å². The van der Waals surface area contributed by atoms with Crippen molar-refractivity contribution >= 4 is 17.5 Å². The minimum Gasteiger partial charge on any atom is -0.321 e. The highest BCUT2D eigenvalue weighted by atomic mass is 35.5. The van der Waals surface area contributed by atoms with Crippen LogP contribution in [-0.2, 0) is 4.79 Å². The molecule has 1 aromatic rings. The number of rotatable bonds is 4. The average molecular weight is 281 g/mol. The van der Waals surface area contributed by atoms with Crippen molar-refractivity contribution in [3.8, 4) is 0 Å². The van der Waals surface area contributed by atoms with Gasteiger partial charge >= 0.3 is 0 Å². The number of carbonyl (C=O) groups excluding carboxylic acids is 1. The molecule has 19 heavy (non-hydrogen) atoms. The molecule has 2 rings (SSSR count). The fraction of sp³-hybridized carbons (Fsp3) is 0.533. The number of hydrogen-bond donors (Lipinski definition) is 1. The monoisotopic (exact) mass is 280 g/mol. The molecular weight excluding hydrogens is 260 g/mol. The molecule has 1 aliphatic rings. The third kappa shape index (κ3) is 2.63. The van der Waals surface area contributed by atoms with Crippen LogP contribution in [0.3, 0.4) is 0 Å². The predicted octanol–water partition coefficient (Wildman–Crippen LogP) is 3.35. The van der Waals surface area contributed by atoms with E-state index in [1.807, 2.05) is 43.0 Å². The molecule has 1 fully saturated rings. The normalized spacial score (nSPS) is 27.1. The molecular formula is C15H21ClN2O. The predicted molar refractivity (Wildman–Crippen MR) is 78.0 cm³/mol. The van der Waals surface area contributed by atoms with E-state index in [2.05, 4.69) is 12.2 Å². The van der Waals surface area contributed by atoms with E-state index in [0.29, 0.717) is 5.02 Å². The number of nitrogens with zero attached hydrogens (tertiary/aromatic N) is 1. The van der Waals surface area contributed by atoms with E-state index >= 15 is 0 Å². The van der Waals surface area contributed by atoms with E-state index in [1.165, 1.54) is 0 Å². The van der Waals surface area contributed by atoms with E-state index in [1.54, 1.807) is 0 Å². The highest BCUT2D eigenvalue weighted by molar-refractivity contribution is 6.30. The summed E-state index contributed by atoms with van der Waals surface area (Å²) in [6.45, 7) is 6.86. The zero-order valence-electron chi connectivity index (χ0n) is 11.7. The minimum atomic E-state index is -0.470. The standard InChI is InChI=1S/C15H21ClN2O/c1-4-9-18-13(11-7-6-8-12(16)10-11)17-15(3,5-2)14(18)19/h6-8,10,13,17H,4-5,9H2,1-3H3. The topological polar surface area (TPSA) is 32.3 Å². The maximum absolute atomic E-state index is 12.5. The third-order valence-electron chi connectivity index (χ3n) is 3.84. The molecule has 0 aliphatic carbocycles. The first-order valence-corrected chi connectivity index (χ1v) is 7.24. The number of amides is 1. The zero-order chi connectivity index (χ0) is 14.0. The molecule has 104 valence electrons.